The van der Waals surface area contributed by atoms with Crippen LogP contribution >= 0.6 is 0 Å². The van der Waals surface area contributed by atoms with E-state index in [2.05, 4.69) is 33.9 Å². The van der Waals surface area contributed by atoms with Crippen LogP contribution in [-0.2, 0) is 0 Å². The molecule has 0 radical (unpaired) electrons. The van der Waals surface area contributed by atoms with Crippen LogP contribution in [0.3, 0.4) is 0 Å². The van der Waals surface area contributed by atoms with Crippen molar-refractivity contribution in [3.8, 4) is 34.5 Å². The quantitative estimate of drug-likeness (QED) is 0.469. The van der Waals surface area contributed by atoms with Gasteiger partial charge in [-0.3, -0.25) is 4.57 Å². The first kappa shape index (κ1) is 22.0. The molecule has 1 saturated heterocycles. The summed E-state index contributed by atoms with van der Waals surface area (Å²) in [5.41, 5.74) is 2.95. The Kier molecular flexibility index (Phi) is 5.70. The molecule has 9 heteroatoms. The highest BCUT2D eigenvalue weighted by molar-refractivity contribution is 5.87. The fourth-order valence-electron chi connectivity index (χ4n) is 4.38. The first-order valence-electron chi connectivity index (χ1n) is 11.2. The van der Waals surface area contributed by atoms with Crippen molar-refractivity contribution in [1.29, 1.82) is 0 Å². The molecule has 5 heterocycles. The highest BCUT2D eigenvalue weighted by Gasteiger charge is 2.25. The van der Waals surface area contributed by atoms with Crippen LogP contribution in [0.2, 0.25) is 0 Å². The SMILES string of the molecule is COc1cc(-c2ccc3c(O)n(-c4ccc(N5CCC(N(C)C)C5)nc4)cc3n2)cnc1OC. The first-order valence-corrected chi connectivity index (χ1v) is 11.2. The summed E-state index contributed by atoms with van der Waals surface area (Å²) in [6.07, 6.45) is 6.42. The lowest BCUT2D eigenvalue weighted by atomic mass is 10.1. The van der Waals surface area contributed by atoms with Crippen molar-refractivity contribution in [2.75, 3.05) is 46.3 Å². The lowest BCUT2D eigenvalue weighted by molar-refractivity contribution is 0.315. The number of likely N-dealkylation sites (N-methyl/N-ethyl adjacent to an activating group) is 1. The van der Waals surface area contributed by atoms with E-state index in [1.54, 1.807) is 31.2 Å². The maximum atomic E-state index is 10.9. The van der Waals surface area contributed by atoms with Crippen molar-refractivity contribution >= 4 is 16.7 Å². The summed E-state index contributed by atoms with van der Waals surface area (Å²) in [6.45, 7) is 1.96. The molecule has 9 nitrogen and oxygen atoms in total. The van der Waals surface area contributed by atoms with E-state index in [0.29, 0.717) is 28.6 Å². The Hall–Kier alpha value is -3.85. The van der Waals surface area contributed by atoms with Gasteiger partial charge in [0.05, 0.1) is 42.7 Å². The van der Waals surface area contributed by atoms with Gasteiger partial charge < -0.3 is 24.4 Å². The van der Waals surface area contributed by atoms with Crippen molar-refractivity contribution in [3.05, 3.63) is 48.9 Å². The summed E-state index contributed by atoms with van der Waals surface area (Å²) in [5, 5.41) is 11.5. The van der Waals surface area contributed by atoms with E-state index in [1.807, 2.05) is 36.5 Å². The molecule has 176 valence electrons. The van der Waals surface area contributed by atoms with Crippen LogP contribution in [0.5, 0.6) is 17.5 Å². The van der Waals surface area contributed by atoms with Gasteiger partial charge in [0.15, 0.2) is 5.75 Å². The minimum Gasteiger partial charge on any atom is -0.494 e. The normalized spacial score (nSPS) is 15.9. The van der Waals surface area contributed by atoms with E-state index in [4.69, 9.17) is 14.5 Å². The maximum Gasteiger partial charge on any atom is 0.256 e. The van der Waals surface area contributed by atoms with Crippen LogP contribution in [0.15, 0.2) is 48.9 Å². The van der Waals surface area contributed by atoms with E-state index in [9.17, 15) is 5.11 Å². The van der Waals surface area contributed by atoms with Crippen LogP contribution in [0.25, 0.3) is 27.8 Å². The molecule has 1 fully saturated rings. The van der Waals surface area contributed by atoms with Crippen LogP contribution in [0.4, 0.5) is 5.82 Å². The number of fused-ring (bicyclic) bond motifs is 1. The van der Waals surface area contributed by atoms with E-state index in [-0.39, 0.29) is 5.88 Å². The summed E-state index contributed by atoms with van der Waals surface area (Å²) in [7, 11) is 7.35. The number of hydrogen-bond donors (Lipinski definition) is 1. The van der Waals surface area contributed by atoms with Gasteiger partial charge in [-0.05, 0) is 50.8 Å². The van der Waals surface area contributed by atoms with Crippen LogP contribution in [0.1, 0.15) is 6.42 Å². The van der Waals surface area contributed by atoms with Crippen molar-refractivity contribution in [1.82, 2.24) is 24.4 Å². The minimum atomic E-state index is 0.128. The molecule has 0 aromatic carbocycles. The van der Waals surface area contributed by atoms with Crippen molar-refractivity contribution in [2.45, 2.75) is 12.5 Å². The highest BCUT2D eigenvalue weighted by Crippen LogP contribution is 2.33. The molecular formula is C25H28N6O3. The van der Waals surface area contributed by atoms with Gasteiger partial charge in [-0.2, -0.15) is 0 Å². The van der Waals surface area contributed by atoms with Gasteiger partial charge in [0.1, 0.15) is 5.82 Å². The van der Waals surface area contributed by atoms with E-state index in [1.165, 1.54) is 0 Å². The van der Waals surface area contributed by atoms with Crippen LogP contribution in [0, 0.1) is 0 Å². The molecule has 1 aliphatic rings. The smallest absolute Gasteiger partial charge is 0.256 e. The molecule has 4 aromatic heterocycles. The summed E-state index contributed by atoms with van der Waals surface area (Å²) >= 11 is 0. The van der Waals surface area contributed by atoms with E-state index < -0.39 is 0 Å². The third-order valence-corrected chi connectivity index (χ3v) is 6.40. The molecule has 0 saturated carbocycles. The zero-order valence-electron chi connectivity index (χ0n) is 19.8. The van der Waals surface area contributed by atoms with Gasteiger partial charge in [-0.25, -0.2) is 15.0 Å². The molecule has 1 aliphatic heterocycles. The van der Waals surface area contributed by atoms with E-state index in [0.717, 1.165) is 42.3 Å². The van der Waals surface area contributed by atoms with Gasteiger partial charge in [-0.1, -0.05) is 0 Å². The number of nitrogens with zero attached hydrogens (tertiary/aromatic N) is 6. The lowest BCUT2D eigenvalue weighted by Gasteiger charge is -2.21. The third-order valence-electron chi connectivity index (χ3n) is 6.40. The van der Waals surface area contributed by atoms with Crippen molar-refractivity contribution in [2.24, 2.45) is 0 Å². The topological polar surface area (TPSA) is 88.8 Å². The molecule has 4 aromatic rings. The molecule has 1 N–H and O–H groups in total. The predicted octanol–water partition coefficient (Wildman–Crippen LogP) is 3.35. The van der Waals surface area contributed by atoms with E-state index >= 15 is 0 Å². The number of aromatic nitrogens is 4. The van der Waals surface area contributed by atoms with Gasteiger partial charge in [0, 0.05) is 37.1 Å². The zero-order valence-corrected chi connectivity index (χ0v) is 19.8. The average molecular weight is 461 g/mol. The van der Waals surface area contributed by atoms with Crippen LogP contribution in [-0.4, -0.2) is 77.0 Å². The standard InChI is InChI=1S/C25H28N6O3/c1-29(2)18-9-10-30(14-18)23-8-5-17(13-26-23)31-15-21-19(25(31)32)6-7-20(28-21)16-11-22(33-3)24(34-4)27-12-16/h5-8,11-13,15,18,32H,9-10,14H2,1-4H3. The van der Waals surface area contributed by atoms with Crippen LogP contribution < -0.4 is 14.4 Å². The Labute approximate surface area is 198 Å². The van der Waals surface area contributed by atoms with Gasteiger partial charge in [0.2, 0.25) is 5.88 Å². The molecule has 0 amide bonds. The monoisotopic (exact) mass is 460 g/mol. The second kappa shape index (κ2) is 8.83. The second-order valence-electron chi connectivity index (χ2n) is 8.61. The molecule has 0 spiro atoms. The van der Waals surface area contributed by atoms with Gasteiger partial charge in [0.25, 0.3) is 5.88 Å². The third kappa shape index (κ3) is 3.88. The molecule has 0 bridgehead atoms. The maximum absolute atomic E-state index is 10.9. The Morgan fingerprint density at radius 1 is 1.06 bits per heavy atom. The van der Waals surface area contributed by atoms with Crippen molar-refractivity contribution in [3.63, 3.8) is 0 Å². The molecule has 34 heavy (non-hydrogen) atoms. The number of anilines is 1. The van der Waals surface area contributed by atoms with Crippen molar-refractivity contribution < 1.29 is 14.6 Å². The summed E-state index contributed by atoms with van der Waals surface area (Å²) in [4.78, 5) is 18.3. The molecule has 1 atom stereocenters. The summed E-state index contributed by atoms with van der Waals surface area (Å²) < 4.78 is 12.3. The summed E-state index contributed by atoms with van der Waals surface area (Å²) in [5.74, 6) is 2.02. The average Bonchev–Trinajstić information content (AvgIpc) is 3.49. The fraction of sp³-hybridized carbons (Fsp3) is 0.320. The zero-order chi connectivity index (χ0) is 23.8. The minimum absolute atomic E-state index is 0.128. The Morgan fingerprint density at radius 3 is 2.59 bits per heavy atom. The number of hydrogen-bond acceptors (Lipinski definition) is 8. The number of pyridine rings is 3. The Balaban J connectivity index is 1.43. The largest absolute Gasteiger partial charge is 0.494 e. The number of rotatable bonds is 6. The Morgan fingerprint density at radius 2 is 1.91 bits per heavy atom. The number of ether oxygens (including phenoxy) is 2. The highest BCUT2D eigenvalue weighted by atomic mass is 16.5. The fourth-order valence-corrected chi connectivity index (χ4v) is 4.38. The molecular weight excluding hydrogens is 432 g/mol. The number of methoxy groups -OCH3 is 2. The number of aromatic hydroxyl groups is 1. The first-order chi connectivity index (χ1) is 16.5. The molecule has 1 unspecified atom stereocenters. The summed E-state index contributed by atoms with van der Waals surface area (Å²) in [6, 6.07) is 10.1. The lowest BCUT2D eigenvalue weighted by Crippen LogP contribution is -2.31. The molecule has 5 rings (SSSR count). The second-order valence-corrected chi connectivity index (χ2v) is 8.61. The van der Waals surface area contributed by atoms with Gasteiger partial charge in [-0.15, -0.1) is 0 Å². The Bertz CT molecular complexity index is 1320. The predicted molar refractivity (Wildman–Crippen MR) is 131 cm³/mol. The molecule has 0 aliphatic carbocycles. The van der Waals surface area contributed by atoms with Gasteiger partial charge >= 0.3 is 0 Å².